The van der Waals surface area contributed by atoms with Crippen molar-refractivity contribution in [1.29, 1.82) is 0 Å². The molecule has 3 N–H and O–H groups in total. The number of benzene rings is 1. The molecule has 0 bridgehead atoms. The van der Waals surface area contributed by atoms with Crippen molar-refractivity contribution in [2.75, 3.05) is 43.9 Å². The Labute approximate surface area is 201 Å². The van der Waals surface area contributed by atoms with Gasteiger partial charge in [0.2, 0.25) is 0 Å². The lowest BCUT2D eigenvalue weighted by atomic mass is 10.1. The van der Waals surface area contributed by atoms with Gasteiger partial charge in [0.15, 0.2) is 11.6 Å². The van der Waals surface area contributed by atoms with Gasteiger partial charge >= 0.3 is 0 Å². The number of nitrogens with one attached hydrogen (secondary N) is 1. The molecule has 174 valence electrons. The number of nitrogens with two attached hydrogens (primary N) is 1. The summed E-state index contributed by atoms with van der Waals surface area (Å²) in [4.78, 5) is 11.3. The number of nitrogens with zero attached hydrogens (tertiary/aromatic N) is 3. The number of hydrogen-bond donors (Lipinski definition) is 2. The topological polar surface area (TPSA) is 85.5 Å². The Morgan fingerprint density at radius 1 is 1.15 bits per heavy atom. The van der Waals surface area contributed by atoms with E-state index in [1.54, 1.807) is 26.3 Å². The molecule has 2 aromatic heterocycles. The third kappa shape index (κ3) is 4.93. The first-order valence-corrected chi connectivity index (χ1v) is 11.2. The molecule has 0 saturated carbocycles. The normalized spacial score (nSPS) is 14.8. The minimum Gasteiger partial charge on any atom is -0.494 e. The number of ether oxygens (including phenoxy) is 2. The number of rotatable bonds is 6. The molecule has 3 heterocycles. The maximum Gasteiger partial charge on any atom is 0.166 e. The number of nitrogen functional groups attached to an aromatic ring is 1. The van der Waals surface area contributed by atoms with E-state index in [1.807, 2.05) is 12.1 Å². The summed E-state index contributed by atoms with van der Waals surface area (Å²) in [6.07, 6.45) is 0.934. The molecule has 1 fully saturated rings. The first kappa shape index (κ1) is 23.4. The standard InChI is InChI=1S/C23H24Cl2FN5O2/c1-13(20-15(24)3-4-16(26)21(20)25)33-18-11-14(12-29-23(18)27)22-17(32-2)5-6-19(30-22)31-9-7-28-8-10-31/h3-6,11-13,28H,7-10H2,1-2H3,(H2,27,29). The van der Waals surface area contributed by atoms with E-state index in [0.29, 0.717) is 33.3 Å². The predicted molar refractivity (Wildman–Crippen MR) is 129 cm³/mol. The van der Waals surface area contributed by atoms with Crippen LogP contribution in [0.4, 0.5) is 16.0 Å². The maximum absolute atomic E-state index is 14.0. The van der Waals surface area contributed by atoms with Crippen LogP contribution >= 0.6 is 23.2 Å². The Balaban J connectivity index is 1.68. The number of aromatic nitrogens is 2. The van der Waals surface area contributed by atoms with Gasteiger partial charge in [-0.1, -0.05) is 23.2 Å². The highest BCUT2D eigenvalue weighted by molar-refractivity contribution is 6.36. The van der Waals surface area contributed by atoms with Crippen LogP contribution in [0.5, 0.6) is 11.5 Å². The lowest BCUT2D eigenvalue weighted by molar-refractivity contribution is 0.227. The van der Waals surface area contributed by atoms with Gasteiger partial charge in [0, 0.05) is 48.5 Å². The summed E-state index contributed by atoms with van der Waals surface area (Å²) in [5, 5.41) is 3.54. The number of hydrogen-bond acceptors (Lipinski definition) is 7. The average Bonchev–Trinajstić information content (AvgIpc) is 2.83. The number of pyridine rings is 2. The second-order valence-corrected chi connectivity index (χ2v) is 8.37. The van der Waals surface area contributed by atoms with E-state index in [0.717, 1.165) is 32.0 Å². The van der Waals surface area contributed by atoms with Crippen LogP contribution in [0.15, 0.2) is 36.5 Å². The molecule has 0 aliphatic carbocycles. The van der Waals surface area contributed by atoms with Crippen LogP contribution < -0.4 is 25.4 Å². The van der Waals surface area contributed by atoms with Crippen LogP contribution in [-0.2, 0) is 0 Å². The first-order chi connectivity index (χ1) is 15.9. The van der Waals surface area contributed by atoms with E-state index >= 15 is 0 Å². The average molecular weight is 492 g/mol. The van der Waals surface area contributed by atoms with Gasteiger partial charge in [-0.25, -0.2) is 14.4 Å². The Hall–Kier alpha value is -2.81. The van der Waals surface area contributed by atoms with Crippen molar-refractivity contribution in [3.05, 3.63) is 58.0 Å². The molecule has 1 unspecified atom stereocenters. The fraction of sp³-hybridized carbons (Fsp3) is 0.304. The summed E-state index contributed by atoms with van der Waals surface area (Å²) in [6, 6.07) is 8.19. The van der Waals surface area contributed by atoms with E-state index < -0.39 is 11.9 Å². The highest BCUT2D eigenvalue weighted by Gasteiger charge is 2.21. The highest BCUT2D eigenvalue weighted by atomic mass is 35.5. The summed E-state index contributed by atoms with van der Waals surface area (Å²) in [5.41, 5.74) is 7.68. The highest BCUT2D eigenvalue weighted by Crippen LogP contribution is 2.38. The van der Waals surface area contributed by atoms with E-state index in [4.69, 9.17) is 43.4 Å². The molecule has 1 atom stereocenters. The summed E-state index contributed by atoms with van der Waals surface area (Å²) in [6.45, 7) is 5.23. The fourth-order valence-corrected chi connectivity index (χ4v) is 4.40. The second-order valence-electron chi connectivity index (χ2n) is 7.58. The fourth-order valence-electron chi connectivity index (χ4n) is 3.72. The summed E-state index contributed by atoms with van der Waals surface area (Å²) in [5.74, 6) is 1.33. The minimum absolute atomic E-state index is 0.0928. The van der Waals surface area contributed by atoms with E-state index in [-0.39, 0.29) is 10.8 Å². The van der Waals surface area contributed by atoms with Crippen LogP contribution in [0.1, 0.15) is 18.6 Å². The molecule has 0 spiro atoms. The van der Waals surface area contributed by atoms with Crippen LogP contribution in [0.2, 0.25) is 10.0 Å². The first-order valence-electron chi connectivity index (χ1n) is 10.5. The molecular weight excluding hydrogens is 468 g/mol. The molecule has 0 radical (unpaired) electrons. The molecule has 1 aliphatic rings. The third-order valence-electron chi connectivity index (χ3n) is 5.45. The lowest BCUT2D eigenvalue weighted by Gasteiger charge is -2.29. The van der Waals surface area contributed by atoms with Crippen molar-refractivity contribution in [2.45, 2.75) is 13.0 Å². The molecule has 4 rings (SSSR count). The maximum atomic E-state index is 14.0. The van der Waals surface area contributed by atoms with E-state index in [9.17, 15) is 4.39 Å². The minimum atomic E-state index is -0.679. The van der Waals surface area contributed by atoms with Gasteiger partial charge in [-0.15, -0.1) is 0 Å². The van der Waals surface area contributed by atoms with Gasteiger partial charge in [0.05, 0.1) is 12.1 Å². The molecule has 10 heteroatoms. The van der Waals surface area contributed by atoms with Crippen LogP contribution in [0.3, 0.4) is 0 Å². The molecular formula is C23H24Cl2FN5O2. The largest absolute Gasteiger partial charge is 0.494 e. The summed E-state index contributed by atoms with van der Waals surface area (Å²) in [7, 11) is 1.59. The monoisotopic (exact) mass is 491 g/mol. The number of anilines is 2. The number of methoxy groups -OCH3 is 1. The van der Waals surface area contributed by atoms with Gasteiger partial charge in [-0.2, -0.15) is 0 Å². The van der Waals surface area contributed by atoms with Gasteiger partial charge in [0.25, 0.3) is 0 Å². The second kappa shape index (κ2) is 9.99. The van der Waals surface area contributed by atoms with Crippen molar-refractivity contribution < 1.29 is 13.9 Å². The van der Waals surface area contributed by atoms with Gasteiger partial charge < -0.3 is 25.4 Å². The Kier molecular flexibility index (Phi) is 7.07. The van der Waals surface area contributed by atoms with E-state index in [2.05, 4.69) is 15.2 Å². The summed E-state index contributed by atoms with van der Waals surface area (Å²) >= 11 is 12.4. The van der Waals surface area contributed by atoms with Crippen molar-refractivity contribution in [3.63, 3.8) is 0 Å². The van der Waals surface area contributed by atoms with Gasteiger partial charge in [-0.3, -0.25) is 0 Å². The van der Waals surface area contributed by atoms with Crippen LogP contribution in [0, 0.1) is 5.82 Å². The summed E-state index contributed by atoms with van der Waals surface area (Å²) < 4.78 is 25.5. The Bertz CT molecular complexity index is 1160. The van der Waals surface area contributed by atoms with Crippen LogP contribution in [-0.4, -0.2) is 43.3 Å². The zero-order valence-electron chi connectivity index (χ0n) is 18.2. The SMILES string of the molecule is COc1ccc(N2CCNCC2)nc1-c1cnc(N)c(OC(C)c2c(Cl)ccc(F)c2Cl)c1. The quantitative estimate of drug-likeness (QED) is 0.482. The molecule has 3 aromatic rings. The van der Waals surface area contributed by atoms with Crippen molar-refractivity contribution in [3.8, 4) is 22.8 Å². The molecule has 0 amide bonds. The Morgan fingerprint density at radius 3 is 2.64 bits per heavy atom. The van der Waals surface area contributed by atoms with Gasteiger partial charge in [-0.05, 0) is 37.3 Å². The predicted octanol–water partition coefficient (Wildman–Crippen LogP) is 4.73. The van der Waals surface area contributed by atoms with E-state index in [1.165, 1.54) is 12.1 Å². The zero-order valence-corrected chi connectivity index (χ0v) is 19.8. The number of halogens is 3. The molecule has 1 aliphatic heterocycles. The Morgan fingerprint density at radius 2 is 1.91 bits per heavy atom. The van der Waals surface area contributed by atoms with Crippen molar-refractivity contribution in [1.82, 2.24) is 15.3 Å². The third-order valence-corrected chi connectivity index (χ3v) is 6.16. The smallest absolute Gasteiger partial charge is 0.166 e. The molecule has 1 saturated heterocycles. The van der Waals surface area contributed by atoms with Crippen LogP contribution in [0.25, 0.3) is 11.3 Å². The lowest BCUT2D eigenvalue weighted by Crippen LogP contribution is -2.43. The van der Waals surface area contributed by atoms with Crippen molar-refractivity contribution in [2.24, 2.45) is 0 Å². The molecule has 7 nitrogen and oxygen atoms in total. The number of piperazine rings is 1. The van der Waals surface area contributed by atoms with Crippen molar-refractivity contribution >= 4 is 34.8 Å². The molecule has 33 heavy (non-hydrogen) atoms. The van der Waals surface area contributed by atoms with Gasteiger partial charge in [0.1, 0.15) is 29.2 Å². The zero-order chi connectivity index (χ0) is 23.5. The molecule has 1 aromatic carbocycles.